The highest BCUT2D eigenvalue weighted by Crippen LogP contribution is 2.27. The second kappa shape index (κ2) is 5.13. The molecule has 0 aliphatic heterocycles. The van der Waals surface area contributed by atoms with Gasteiger partial charge in [-0.15, -0.1) is 0 Å². The van der Waals surface area contributed by atoms with E-state index in [4.69, 9.17) is 0 Å². The van der Waals surface area contributed by atoms with Crippen molar-refractivity contribution in [2.24, 2.45) is 5.41 Å². The van der Waals surface area contributed by atoms with Crippen LogP contribution in [-0.4, -0.2) is 16.9 Å². The summed E-state index contributed by atoms with van der Waals surface area (Å²) in [6.07, 6.45) is 2.53. The highest BCUT2D eigenvalue weighted by Gasteiger charge is 2.26. The van der Waals surface area contributed by atoms with Crippen molar-refractivity contribution >= 4 is 0 Å². The van der Waals surface area contributed by atoms with Crippen LogP contribution in [0.25, 0.3) is 0 Å². The molecule has 2 heteroatoms. The maximum absolute atomic E-state index is 9.67. The third-order valence-electron chi connectivity index (χ3n) is 2.09. The van der Waals surface area contributed by atoms with Gasteiger partial charge in [-0.25, -0.2) is 0 Å². The maximum atomic E-state index is 9.67. The lowest BCUT2D eigenvalue weighted by molar-refractivity contribution is 0.0774. The minimum absolute atomic E-state index is 0.00678. The summed E-state index contributed by atoms with van der Waals surface area (Å²) in [6, 6.07) is 0. The molecule has 0 aromatic rings. The zero-order valence-corrected chi connectivity index (χ0v) is 10.6. The molecule has 2 nitrogen and oxygen atoms in total. The van der Waals surface area contributed by atoms with Crippen LogP contribution in [0.3, 0.4) is 0 Å². The quantitative estimate of drug-likeness (QED) is 0.670. The Morgan fingerprint density at radius 2 is 1.64 bits per heavy atom. The van der Waals surface area contributed by atoms with Gasteiger partial charge in [-0.1, -0.05) is 34.1 Å². The van der Waals surface area contributed by atoms with Crippen molar-refractivity contribution in [2.45, 2.75) is 72.6 Å². The van der Waals surface area contributed by atoms with Crippen molar-refractivity contribution in [2.75, 3.05) is 0 Å². The molecule has 1 atom stereocenters. The van der Waals surface area contributed by atoms with Gasteiger partial charge < -0.3 is 5.11 Å². The molecule has 1 unspecified atom stereocenters. The molecule has 0 aromatic heterocycles. The number of rotatable bonds is 5. The molecule has 0 rings (SSSR count). The van der Waals surface area contributed by atoms with E-state index in [2.05, 4.69) is 46.9 Å². The SMILES string of the molecule is CCCC(O)NC(C)(C)CC(C)(C)C. The van der Waals surface area contributed by atoms with Crippen LogP contribution < -0.4 is 5.32 Å². The van der Waals surface area contributed by atoms with Gasteiger partial charge in [-0.05, 0) is 32.1 Å². The van der Waals surface area contributed by atoms with Gasteiger partial charge in [0.1, 0.15) is 6.23 Å². The van der Waals surface area contributed by atoms with Gasteiger partial charge in [0.05, 0.1) is 0 Å². The standard InChI is InChI=1S/C12H27NO/c1-7-8-10(14)13-12(5,6)9-11(2,3)4/h10,13-14H,7-9H2,1-6H3. The molecule has 0 heterocycles. The van der Waals surface area contributed by atoms with E-state index in [-0.39, 0.29) is 11.8 Å². The van der Waals surface area contributed by atoms with E-state index < -0.39 is 0 Å². The topological polar surface area (TPSA) is 32.3 Å². The van der Waals surface area contributed by atoms with Crippen molar-refractivity contribution in [3.8, 4) is 0 Å². The monoisotopic (exact) mass is 201 g/mol. The fraction of sp³-hybridized carbons (Fsp3) is 1.00. The van der Waals surface area contributed by atoms with Crippen LogP contribution in [-0.2, 0) is 0 Å². The van der Waals surface area contributed by atoms with Gasteiger partial charge in [0.2, 0.25) is 0 Å². The van der Waals surface area contributed by atoms with Crippen molar-refractivity contribution < 1.29 is 5.11 Å². The minimum Gasteiger partial charge on any atom is -0.379 e. The molecule has 0 bridgehead atoms. The van der Waals surface area contributed by atoms with Crippen molar-refractivity contribution in [1.29, 1.82) is 0 Å². The molecule has 0 aliphatic carbocycles. The zero-order valence-electron chi connectivity index (χ0n) is 10.6. The lowest BCUT2D eigenvalue weighted by Gasteiger charge is -2.35. The fourth-order valence-electron chi connectivity index (χ4n) is 2.17. The van der Waals surface area contributed by atoms with Crippen molar-refractivity contribution in [1.82, 2.24) is 5.32 Å². The average molecular weight is 201 g/mol. The van der Waals surface area contributed by atoms with Crippen LogP contribution in [0, 0.1) is 5.41 Å². The number of aliphatic hydroxyl groups is 1. The number of hydrogen-bond acceptors (Lipinski definition) is 2. The lowest BCUT2D eigenvalue weighted by Crippen LogP contribution is -2.47. The Labute approximate surface area is 89.1 Å². The predicted octanol–water partition coefficient (Wildman–Crippen LogP) is 2.91. The summed E-state index contributed by atoms with van der Waals surface area (Å²) in [7, 11) is 0. The van der Waals surface area contributed by atoms with Crippen LogP contribution in [0.15, 0.2) is 0 Å². The first-order chi connectivity index (χ1) is 6.16. The lowest BCUT2D eigenvalue weighted by atomic mass is 9.81. The van der Waals surface area contributed by atoms with E-state index in [9.17, 15) is 5.11 Å². The molecule has 0 spiro atoms. The molecule has 0 radical (unpaired) electrons. The van der Waals surface area contributed by atoms with Gasteiger partial charge in [0.15, 0.2) is 0 Å². The number of hydrogen-bond donors (Lipinski definition) is 2. The molecule has 0 fully saturated rings. The van der Waals surface area contributed by atoms with Gasteiger partial charge in [-0.2, -0.15) is 0 Å². The highest BCUT2D eigenvalue weighted by atomic mass is 16.3. The van der Waals surface area contributed by atoms with E-state index in [1.807, 2.05) is 0 Å². The summed E-state index contributed by atoms with van der Waals surface area (Å²) >= 11 is 0. The van der Waals surface area contributed by atoms with Crippen LogP contribution in [0.1, 0.15) is 60.8 Å². The Bertz CT molecular complexity index is 158. The summed E-state index contributed by atoms with van der Waals surface area (Å²) in [5, 5.41) is 12.9. The summed E-state index contributed by atoms with van der Waals surface area (Å²) in [4.78, 5) is 0. The van der Waals surface area contributed by atoms with Crippen LogP contribution in [0.2, 0.25) is 0 Å². The normalized spacial score (nSPS) is 15.6. The molecule has 2 N–H and O–H groups in total. The minimum atomic E-state index is -0.364. The Hall–Kier alpha value is -0.0800. The summed E-state index contributed by atoms with van der Waals surface area (Å²) < 4.78 is 0. The molecule has 86 valence electrons. The molecular formula is C12H27NO. The molecular weight excluding hydrogens is 174 g/mol. The largest absolute Gasteiger partial charge is 0.379 e. The smallest absolute Gasteiger partial charge is 0.105 e. The molecule has 0 saturated heterocycles. The Balaban J connectivity index is 4.06. The van der Waals surface area contributed by atoms with Crippen LogP contribution in [0.4, 0.5) is 0 Å². The van der Waals surface area contributed by atoms with Gasteiger partial charge >= 0.3 is 0 Å². The second-order valence-electron chi connectivity index (χ2n) is 6.07. The molecule has 14 heavy (non-hydrogen) atoms. The molecule has 0 aromatic carbocycles. The fourth-order valence-corrected chi connectivity index (χ4v) is 2.17. The van der Waals surface area contributed by atoms with Gasteiger partial charge in [0, 0.05) is 5.54 Å². The van der Waals surface area contributed by atoms with Crippen LogP contribution >= 0.6 is 0 Å². The van der Waals surface area contributed by atoms with Crippen molar-refractivity contribution in [3.05, 3.63) is 0 Å². The number of aliphatic hydroxyl groups excluding tert-OH is 1. The Morgan fingerprint density at radius 1 is 1.14 bits per heavy atom. The Kier molecular flexibility index (Phi) is 5.10. The third-order valence-corrected chi connectivity index (χ3v) is 2.09. The average Bonchev–Trinajstić information content (AvgIpc) is 1.78. The molecule has 0 amide bonds. The second-order valence-corrected chi connectivity index (χ2v) is 6.07. The van der Waals surface area contributed by atoms with E-state index in [0.29, 0.717) is 5.41 Å². The van der Waals surface area contributed by atoms with E-state index >= 15 is 0 Å². The van der Waals surface area contributed by atoms with E-state index in [1.165, 1.54) is 0 Å². The third kappa shape index (κ3) is 7.34. The van der Waals surface area contributed by atoms with Gasteiger partial charge in [-0.3, -0.25) is 5.32 Å². The maximum Gasteiger partial charge on any atom is 0.105 e. The molecule has 0 saturated carbocycles. The van der Waals surface area contributed by atoms with Gasteiger partial charge in [0.25, 0.3) is 0 Å². The van der Waals surface area contributed by atoms with E-state index in [0.717, 1.165) is 19.3 Å². The highest BCUT2D eigenvalue weighted by molar-refractivity contribution is 4.83. The summed E-state index contributed by atoms with van der Waals surface area (Å²) in [6.45, 7) is 13.1. The zero-order chi connectivity index (χ0) is 11.4. The predicted molar refractivity (Wildman–Crippen MR) is 62.2 cm³/mol. The first kappa shape index (κ1) is 13.9. The van der Waals surface area contributed by atoms with Crippen LogP contribution in [0.5, 0.6) is 0 Å². The first-order valence-electron chi connectivity index (χ1n) is 5.62. The Morgan fingerprint density at radius 3 is 2.00 bits per heavy atom. The summed E-state index contributed by atoms with van der Waals surface area (Å²) in [5.41, 5.74) is 0.301. The van der Waals surface area contributed by atoms with Crippen molar-refractivity contribution in [3.63, 3.8) is 0 Å². The number of nitrogens with one attached hydrogen (secondary N) is 1. The molecule has 0 aliphatic rings. The summed E-state index contributed by atoms with van der Waals surface area (Å²) in [5.74, 6) is 0. The van der Waals surface area contributed by atoms with E-state index in [1.54, 1.807) is 0 Å². The first-order valence-corrected chi connectivity index (χ1v) is 5.62.